The first-order valence-electron chi connectivity index (χ1n) is 7.36. The number of benzene rings is 1. The fourth-order valence-corrected chi connectivity index (χ4v) is 2.18. The lowest BCUT2D eigenvalue weighted by Crippen LogP contribution is -2.31. The molecule has 2 rings (SSSR count). The third-order valence-electron chi connectivity index (χ3n) is 3.05. The van der Waals surface area contributed by atoms with E-state index in [2.05, 4.69) is 20.6 Å². The highest BCUT2D eigenvalue weighted by molar-refractivity contribution is 6.33. The van der Waals surface area contributed by atoms with Crippen molar-refractivity contribution >= 4 is 29.0 Å². The van der Waals surface area contributed by atoms with Gasteiger partial charge in [-0.3, -0.25) is 4.79 Å². The molecule has 134 valence electrons. The van der Waals surface area contributed by atoms with E-state index in [1.807, 2.05) is 0 Å². The molecule has 0 aliphatic carbocycles. The lowest BCUT2D eigenvalue weighted by Gasteiger charge is -2.13. The van der Waals surface area contributed by atoms with Gasteiger partial charge in [-0.05, 0) is 39.0 Å². The first kappa shape index (κ1) is 19.0. The molecule has 0 spiro atoms. The molecule has 0 saturated carbocycles. The van der Waals surface area contributed by atoms with E-state index in [1.54, 1.807) is 20.8 Å². The topological polar surface area (TPSA) is 66.9 Å². The summed E-state index contributed by atoms with van der Waals surface area (Å²) >= 11 is 5.95. The van der Waals surface area contributed by atoms with Gasteiger partial charge in [0.1, 0.15) is 17.3 Å². The van der Waals surface area contributed by atoms with Gasteiger partial charge in [0.25, 0.3) is 5.91 Å². The van der Waals surface area contributed by atoms with Crippen LogP contribution in [0.2, 0.25) is 5.02 Å². The van der Waals surface area contributed by atoms with Crippen LogP contribution in [-0.2, 0) is 6.18 Å². The van der Waals surface area contributed by atoms with Crippen molar-refractivity contribution in [3.05, 3.63) is 46.4 Å². The van der Waals surface area contributed by atoms with E-state index >= 15 is 0 Å². The number of halogens is 4. The first-order chi connectivity index (χ1) is 11.6. The maximum Gasteiger partial charge on any atom is 0.416 e. The van der Waals surface area contributed by atoms with Crippen molar-refractivity contribution in [3.8, 4) is 0 Å². The second kappa shape index (κ2) is 7.26. The van der Waals surface area contributed by atoms with E-state index in [0.29, 0.717) is 5.82 Å². The van der Waals surface area contributed by atoms with Crippen LogP contribution in [0.15, 0.2) is 24.3 Å². The number of hydrogen-bond acceptors (Lipinski definition) is 4. The van der Waals surface area contributed by atoms with Crippen LogP contribution in [0.5, 0.6) is 0 Å². The quantitative estimate of drug-likeness (QED) is 0.837. The second-order valence-corrected chi connectivity index (χ2v) is 6.04. The SMILES string of the molecule is Cc1nc(Nc2cc(C(F)(F)F)ccc2Cl)cc(C(=O)NC(C)C)n1. The molecular formula is C16H16ClF3N4O. The summed E-state index contributed by atoms with van der Waals surface area (Å²) in [7, 11) is 0. The normalized spacial score (nSPS) is 11.5. The largest absolute Gasteiger partial charge is 0.416 e. The van der Waals surface area contributed by atoms with Crippen molar-refractivity contribution in [2.45, 2.75) is 33.0 Å². The van der Waals surface area contributed by atoms with E-state index in [1.165, 1.54) is 6.07 Å². The highest BCUT2D eigenvalue weighted by atomic mass is 35.5. The average molecular weight is 373 g/mol. The zero-order valence-electron chi connectivity index (χ0n) is 13.7. The Kier molecular flexibility index (Phi) is 5.52. The van der Waals surface area contributed by atoms with Crippen LogP contribution >= 0.6 is 11.6 Å². The number of alkyl halides is 3. The monoisotopic (exact) mass is 372 g/mol. The number of anilines is 2. The van der Waals surface area contributed by atoms with Crippen LogP contribution < -0.4 is 10.6 Å². The Morgan fingerprint density at radius 3 is 2.48 bits per heavy atom. The van der Waals surface area contributed by atoms with Crippen molar-refractivity contribution in [1.29, 1.82) is 0 Å². The van der Waals surface area contributed by atoms with Gasteiger partial charge in [0.15, 0.2) is 0 Å². The molecule has 9 heteroatoms. The summed E-state index contributed by atoms with van der Waals surface area (Å²) in [5.41, 5.74) is -0.709. The van der Waals surface area contributed by atoms with Crippen LogP contribution in [0.4, 0.5) is 24.7 Å². The molecule has 2 N–H and O–H groups in total. The molecule has 0 atom stereocenters. The number of carbonyl (C=O) groups excluding carboxylic acids is 1. The Labute approximate surface area is 147 Å². The van der Waals surface area contributed by atoms with Crippen LogP contribution in [0.1, 0.15) is 35.7 Å². The van der Waals surface area contributed by atoms with Crippen molar-refractivity contribution in [3.63, 3.8) is 0 Å². The van der Waals surface area contributed by atoms with E-state index in [9.17, 15) is 18.0 Å². The van der Waals surface area contributed by atoms with Crippen LogP contribution in [0.25, 0.3) is 0 Å². The Hall–Kier alpha value is -2.35. The molecule has 5 nitrogen and oxygen atoms in total. The smallest absolute Gasteiger partial charge is 0.349 e. The number of aryl methyl sites for hydroxylation is 1. The number of nitrogens with zero attached hydrogens (tertiary/aromatic N) is 2. The zero-order valence-corrected chi connectivity index (χ0v) is 14.5. The predicted octanol–water partition coefficient (Wildman–Crippen LogP) is 4.34. The maximum atomic E-state index is 12.8. The Bertz CT molecular complexity index is 793. The molecule has 0 radical (unpaired) electrons. The number of hydrogen-bond donors (Lipinski definition) is 2. The number of amides is 1. The standard InChI is InChI=1S/C16H16ClF3N4O/c1-8(2)21-15(25)13-7-14(23-9(3)22-13)24-12-6-10(16(18,19)20)4-5-11(12)17/h4-8H,1-3H3,(H,21,25)(H,22,23,24). The minimum absolute atomic E-state index is 0.0322. The fraction of sp³-hybridized carbons (Fsp3) is 0.312. The van der Waals surface area contributed by atoms with E-state index < -0.39 is 17.6 Å². The average Bonchev–Trinajstić information content (AvgIpc) is 2.47. The molecule has 1 heterocycles. The van der Waals surface area contributed by atoms with Gasteiger partial charge in [-0.1, -0.05) is 11.6 Å². The van der Waals surface area contributed by atoms with Gasteiger partial charge >= 0.3 is 6.18 Å². The minimum atomic E-state index is -4.50. The number of carbonyl (C=O) groups is 1. The lowest BCUT2D eigenvalue weighted by atomic mass is 10.2. The van der Waals surface area contributed by atoms with Crippen LogP contribution in [-0.4, -0.2) is 21.9 Å². The third kappa shape index (κ3) is 5.06. The van der Waals surface area contributed by atoms with Gasteiger partial charge in [-0.25, -0.2) is 9.97 Å². The summed E-state index contributed by atoms with van der Waals surface area (Å²) < 4.78 is 38.5. The second-order valence-electron chi connectivity index (χ2n) is 5.63. The summed E-state index contributed by atoms with van der Waals surface area (Å²) in [4.78, 5) is 20.2. The summed E-state index contributed by atoms with van der Waals surface area (Å²) in [5.74, 6) is 0.0586. The molecule has 0 fully saturated rings. The van der Waals surface area contributed by atoms with Gasteiger partial charge in [0.05, 0.1) is 16.3 Å². The summed E-state index contributed by atoms with van der Waals surface area (Å²) in [6.07, 6.45) is -4.50. The molecule has 1 aromatic heterocycles. The van der Waals surface area contributed by atoms with Gasteiger partial charge in [-0.2, -0.15) is 13.2 Å². The number of aromatic nitrogens is 2. The molecule has 0 bridgehead atoms. The van der Waals surface area contributed by atoms with Crippen LogP contribution in [0, 0.1) is 6.92 Å². The molecule has 0 aliphatic heterocycles. The van der Waals surface area contributed by atoms with Gasteiger partial charge in [-0.15, -0.1) is 0 Å². The minimum Gasteiger partial charge on any atom is -0.349 e. The third-order valence-corrected chi connectivity index (χ3v) is 3.38. The highest BCUT2D eigenvalue weighted by Crippen LogP contribution is 2.34. The Balaban J connectivity index is 2.35. The van der Waals surface area contributed by atoms with Crippen molar-refractivity contribution in [2.75, 3.05) is 5.32 Å². The summed E-state index contributed by atoms with van der Waals surface area (Å²) in [6.45, 7) is 5.17. The van der Waals surface area contributed by atoms with Crippen LogP contribution in [0.3, 0.4) is 0 Å². The maximum absolute atomic E-state index is 12.8. The first-order valence-corrected chi connectivity index (χ1v) is 7.74. The molecule has 0 saturated heterocycles. The molecular weight excluding hydrogens is 357 g/mol. The predicted molar refractivity (Wildman–Crippen MR) is 89.1 cm³/mol. The molecule has 2 aromatic rings. The fourth-order valence-electron chi connectivity index (χ4n) is 2.02. The van der Waals surface area contributed by atoms with Gasteiger partial charge < -0.3 is 10.6 Å². The summed E-state index contributed by atoms with van der Waals surface area (Å²) in [6, 6.07) is 4.18. The van der Waals surface area contributed by atoms with Gasteiger partial charge in [0, 0.05) is 12.1 Å². The molecule has 25 heavy (non-hydrogen) atoms. The van der Waals surface area contributed by atoms with E-state index in [0.717, 1.165) is 18.2 Å². The molecule has 0 unspecified atom stereocenters. The summed E-state index contributed by atoms with van der Waals surface area (Å²) in [5, 5.41) is 5.49. The Morgan fingerprint density at radius 2 is 1.88 bits per heavy atom. The van der Waals surface area contributed by atoms with Crippen molar-refractivity contribution < 1.29 is 18.0 Å². The Morgan fingerprint density at radius 1 is 1.20 bits per heavy atom. The van der Waals surface area contributed by atoms with Crippen molar-refractivity contribution in [2.24, 2.45) is 0 Å². The highest BCUT2D eigenvalue weighted by Gasteiger charge is 2.31. The molecule has 1 amide bonds. The van der Waals surface area contributed by atoms with Gasteiger partial charge in [0.2, 0.25) is 0 Å². The molecule has 0 aliphatic rings. The lowest BCUT2D eigenvalue weighted by molar-refractivity contribution is -0.137. The molecule has 1 aromatic carbocycles. The van der Waals surface area contributed by atoms with E-state index in [-0.39, 0.29) is 28.3 Å². The zero-order chi connectivity index (χ0) is 18.8. The van der Waals surface area contributed by atoms with E-state index in [4.69, 9.17) is 11.6 Å². The van der Waals surface area contributed by atoms with Crippen molar-refractivity contribution in [1.82, 2.24) is 15.3 Å². The number of nitrogens with one attached hydrogen (secondary N) is 2. The number of rotatable bonds is 4.